The number of rotatable bonds is 6. The van der Waals surface area contributed by atoms with Gasteiger partial charge in [-0.3, -0.25) is 0 Å². The normalized spacial score (nSPS) is 22.6. The van der Waals surface area contributed by atoms with Crippen LogP contribution in [0, 0.1) is 5.92 Å². The Bertz CT molecular complexity index is 600. The summed E-state index contributed by atoms with van der Waals surface area (Å²) in [5, 5.41) is 9.97. The van der Waals surface area contributed by atoms with E-state index < -0.39 is 10.0 Å². The van der Waals surface area contributed by atoms with Gasteiger partial charge < -0.3 is 10.0 Å². The molecule has 2 atom stereocenters. The van der Waals surface area contributed by atoms with Crippen molar-refractivity contribution in [2.45, 2.75) is 57.1 Å². The molecule has 1 aliphatic heterocycles. The molecule has 1 fully saturated rings. The molecule has 0 bridgehead atoms. The molecule has 2 rings (SSSR count). The van der Waals surface area contributed by atoms with E-state index in [1.807, 2.05) is 25.7 Å². The first kappa shape index (κ1) is 18.2. The molecule has 2 heterocycles. The lowest BCUT2D eigenvalue weighted by atomic mass is 9.96. The van der Waals surface area contributed by atoms with E-state index in [1.54, 1.807) is 12.1 Å². The lowest BCUT2D eigenvalue weighted by Crippen LogP contribution is -2.43. The van der Waals surface area contributed by atoms with Crippen molar-refractivity contribution in [1.82, 2.24) is 9.71 Å². The molecule has 1 aliphatic rings. The number of aliphatic hydroxyl groups is 1. The number of nitrogens with zero attached hydrogens (tertiary/aromatic N) is 2. The number of β-amino-alcohol motifs (C(OH)–C–C–N with tert-alkyl or cyclic N) is 1. The summed E-state index contributed by atoms with van der Waals surface area (Å²) in [5.41, 5.74) is 0. The van der Waals surface area contributed by atoms with Crippen LogP contribution in [0.15, 0.2) is 23.2 Å². The van der Waals surface area contributed by atoms with E-state index in [2.05, 4.69) is 9.71 Å². The Balaban J connectivity index is 2.10. The molecule has 0 amide bonds. The van der Waals surface area contributed by atoms with E-state index in [9.17, 15) is 13.5 Å². The minimum absolute atomic E-state index is 0.0570. The second kappa shape index (κ2) is 7.59. The predicted molar refractivity (Wildman–Crippen MR) is 90.9 cm³/mol. The number of aromatic nitrogens is 1. The Kier molecular flexibility index (Phi) is 6.00. The first-order valence-electron chi connectivity index (χ1n) is 8.28. The van der Waals surface area contributed by atoms with Gasteiger partial charge in [-0.25, -0.2) is 18.1 Å². The molecule has 0 saturated carbocycles. The zero-order valence-electron chi connectivity index (χ0n) is 14.1. The number of hydrogen-bond donors (Lipinski definition) is 2. The first-order chi connectivity index (χ1) is 10.9. The van der Waals surface area contributed by atoms with Crippen molar-refractivity contribution in [3.63, 3.8) is 0 Å². The minimum atomic E-state index is -3.53. The molecule has 6 nitrogen and oxygen atoms in total. The van der Waals surface area contributed by atoms with Gasteiger partial charge in [0, 0.05) is 25.3 Å². The van der Waals surface area contributed by atoms with Crippen molar-refractivity contribution >= 4 is 15.8 Å². The SMILES string of the molecule is CCC(CC)NS(=O)(=O)c1ccc(N2CCC(C)C(O)C2)nc1. The molecule has 0 radical (unpaired) electrons. The Morgan fingerprint density at radius 2 is 2.09 bits per heavy atom. The summed E-state index contributed by atoms with van der Waals surface area (Å²) in [6, 6.07) is 3.24. The van der Waals surface area contributed by atoms with E-state index in [4.69, 9.17) is 0 Å². The number of hydrogen-bond acceptors (Lipinski definition) is 5. The van der Waals surface area contributed by atoms with Crippen LogP contribution in [-0.4, -0.2) is 43.7 Å². The van der Waals surface area contributed by atoms with Crippen LogP contribution in [0.4, 0.5) is 5.82 Å². The van der Waals surface area contributed by atoms with E-state index in [1.165, 1.54) is 6.20 Å². The van der Waals surface area contributed by atoms with Crippen molar-refractivity contribution in [2.75, 3.05) is 18.0 Å². The van der Waals surface area contributed by atoms with E-state index in [-0.39, 0.29) is 23.0 Å². The number of pyridine rings is 1. The van der Waals surface area contributed by atoms with Crippen LogP contribution >= 0.6 is 0 Å². The van der Waals surface area contributed by atoms with Gasteiger partial charge in [0.05, 0.1) is 6.10 Å². The summed E-state index contributed by atoms with van der Waals surface area (Å²) in [4.78, 5) is 6.46. The zero-order chi connectivity index (χ0) is 17.0. The van der Waals surface area contributed by atoms with E-state index in [0.29, 0.717) is 12.4 Å². The maximum Gasteiger partial charge on any atom is 0.242 e. The van der Waals surface area contributed by atoms with Gasteiger partial charge in [-0.2, -0.15) is 0 Å². The fourth-order valence-electron chi connectivity index (χ4n) is 2.72. The van der Waals surface area contributed by atoms with Gasteiger partial charge in [-0.05, 0) is 37.3 Å². The molecule has 0 aromatic carbocycles. The maximum absolute atomic E-state index is 12.3. The third kappa shape index (κ3) is 4.43. The van der Waals surface area contributed by atoms with Gasteiger partial charge in [0.2, 0.25) is 10.0 Å². The van der Waals surface area contributed by atoms with Crippen LogP contribution in [0.25, 0.3) is 0 Å². The molecule has 1 aromatic rings. The Morgan fingerprint density at radius 3 is 2.61 bits per heavy atom. The van der Waals surface area contributed by atoms with E-state index >= 15 is 0 Å². The molecule has 2 N–H and O–H groups in total. The minimum Gasteiger partial charge on any atom is -0.391 e. The standard InChI is InChI=1S/C16H27N3O3S/c1-4-13(5-2)18-23(21,22)14-6-7-16(17-10-14)19-9-8-12(3)15(20)11-19/h6-7,10,12-13,15,18,20H,4-5,8-9,11H2,1-3H3. The van der Waals surface area contributed by atoms with Gasteiger partial charge in [0.15, 0.2) is 0 Å². The zero-order valence-corrected chi connectivity index (χ0v) is 14.9. The summed E-state index contributed by atoms with van der Waals surface area (Å²) in [7, 11) is -3.53. The third-order valence-electron chi connectivity index (χ3n) is 4.58. The highest BCUT2D eigenvalue weighted by molar-refractivity contribution is 7.89. The molecule has 7 heteroatoms. The van der Waals surface area contributed by atoms with Crippen molar-refractivity contribution < 1.29 is 13.5 Å². The smallest absolute Gasteiger partial charge is 0.242 e. The highest BCUT2D eigenvalue weighted by atomic mass is 32.2. The van der Waals surface area contributed by atoms with Crippen molar-refractivity contribution in [3.8, 4) is 0 Å². The summed E-state index contributed by atoms with van der Waals surface area (Å²) in [6.45, 7) is 7.31. The highest BCUT2D eigenvalue weighted by Gasteiger charge is 2.25. The third-order valence-corrected chi connectivity index (χ3v) is 6.09. The van der Waals surface area contributed by atoms with Gasteiger partial charge in [-0.15, -0.1) is 0 Å². The largest absolute Gasteiger partial charge is 0.391 e. The van der Waals surface area contributed by atoms with Crippen LogP contribution in [-0.2, 0) is 10.0 Å². The second-order valence-corrected chi connectivity index (χ2v) is 7.98. The highest BCUT2D eigenvalue weighted by Crippen LogP contribution is 2.22. The van der Waals surface area contributed by atoms with Crippen LogP contribution in [0.2, 0.25) is 0 Å². The summed E-state index contributed by atoms with van der Waals surface area (Å²) in [6.07, 6.45) is 3.44. The average molecular weight is 341 g/mol. The number of nitrogens with one attached hydrogen (secondary N) is 1. The molecule has 23 heavy (non-hydrogen) atoms. The van der Waals surface area contributed by atoms with Crippen molar-refractivity contribution in [2.24, 2.45) is 5.92 Å². The van der Waals surface area contributed by atoms with Crippen molar-refractivity contribution in [1.29, 1.82) is 0 Å². The molecular formula is C16H27N3O3S. The van der Waals surface area contributed by atoms with Crippen LogP contribution in [0.3, 0.4) is 0 Å². The molecule has 130 valence electrons. The number of piperidine rings is 1. The Morgan fingerprint density at radius 1 is 1.39 bits per heavy atom. The van der Waals surface area contributed by atoms with E-state index in [0.717, 1.165) is 25.8 Å². The van der Waals surface area contributed by atoms with Gasteiger partial charge in [0.1, 0.15) is 10.7 Å². The molecule has 1 aromatic heterocycles. The average Bonchev–Trinajstić information content (AvgIpc) is 2.55. The Hall–Kier alpha value is -1.18. The summed E-state index contributed by atoms with van der Waals surface area (Å²) >= 11 is 0. The second-order valence-electron chi connectivity index (χ2n) is 6.27. The Labute approximate surface area is 139 Å². The lowest BCUT2D eigenvalue weighted by molar-refractivity contribution is 0.102. The topological polar surface area (TPSA) is 82.5 Å². The quantitative estimate of drug-likeness (QED) is 0.824. The van der Waals surface area contributed by atoms with Crippen LogP contribution < -0.4 is 9.62 Å². The monoisotopic (exact) mass is 341 g/mol. The molecule has 2 unspecified atom stereocenters. The van der Waals surface area contributed by atoms with Gasteiger partial charge >= 0.3 is 0 Å². The fraction of sp³-hybridized carbons (Fsp3) is 0.688. The first-order valence-corrected chi connectivity index (χ1v) is 9.77. The molecular weight excluding hydrogens is 314 g/mol. The number of aliphatic hydroxyl groups excluding tert-OH is 1. The number of anilines is 1. The predicted octanol–water partition coefficient (Wildman–Crippen LogP) is 1.76. The summed E-state index contributed by atoms with van der Waals surface area (Å²) < 4.78 is 27.4. The van der Waals surface area contributed by atoms with Crippen LogP contribution in [0.5, 0.6) is 0 Å². The van der Waals surface area contributed by atoms with Gasteiger partial charge in [0.25, 0.3) is 0 Å². The van der Waals surface area contributed by atoms with Crippen molar-refractivity contribution in [3.05, 3.63) is 18.3 Å². The summed E-state index contributed by atoms with van der Waals surface area (Å²) in [5.74, 6) is 0.993. The lowest BCUT2D eigenvalue weighted by Gasteiger charge is -2.35. The van der Waals surface area contributed by atoms with Gasteiger partial charge in [-0.1, -0.05) is 20.8 Å². The molecule has 0 aliphatic carbocycles. The molecule has 0 spiro atoms. The number of sulfonamides is 1. The fourth-order valence-corrected chi connectivity index (χ4v) is 4.07. The molecule has 1 saturated heterocycles. The van der Waals surface area contributed by atoms with Crippen LogP contribution in [0.1, 0.15) is 40.0 Å². The maximum atomic E-state index is 12.3.